The van der Waals surface area contributed by atoms with Crippen LogP contribution in [-0.4, -0.2) is 173 Å². The van der Waals surface area contributed by atoms with Crippen molar-refractivity contribution in [3.05, 3.63) is 11.6 Å². The molecule has 0 spiro atoms. The van der Waals surface area contributed by atoms with Gasteiger partial charge in [-0.1, -0.05) is 6.08 Å². The Morgan fingerprint density at radius 1 is 0.821 bits per heavy atom. The average Bonchev–Trinajstić information content (AvgIpc) is 2.87. The number of ether oxygens (including phenoxy) is 2. The maximum atomic E-state index is 10.7. The summed E-state index contributed by atoms with van der Waals surface area (Å²) < 4.78 is 42.5. The van der Waals surface area contributed by atoms with Gasteiger partial charge in [0, 0.05) is 18.6 Å². The first-order valence-corrected chi connectivity index (χ1v) is 13.2. The molecule has 0 aromatic rings. The van der Waals surface area contributed by atoms with Crippen molar-refractivity contribution in [2.24, 2.45) is 5.92 Å². The lowest BCUT2D eigenvalue weighted by Gasteiger charge is -2.47. The summed E-state index contributed by atoms with van der Waals surface area (Å²) in [6.45, 7) is -1.80. The molecule has 3 aliphatic rings. The summed E-state index contributed by atoms with van der Waals surface area (Å²) in [7, 11) is -4.67. The SMILES string of the molecule is O=S(=O)(O)O.OCC1=C[C@H](N[C@H]2C[C@H](CO)[C@@H](O[C@@H]3O[C@H](CO)[C@@H](O)[C@H](O)[C@H]3O)[C@H](O)[C@H]2O)[C@H](O)[C@@H](O)[C@@H]1O. The van der Waals surface area contributed by atoms with Gasteiger partial charge in [0.05, 0.1) is 31.5 Å². The Labute approximate surface area is 222 Å². The van der Waals surface area contributed by atoms with Crippen LogP contribution in [0.15, 0.2) is 11.6 Å². The maximum Gasteiger partial charge on any atom is 0.394 e. The molecule has 0 aromatic heterocycles. The van der Waals surface area contributed by atoms with Crippen molar-refractivity contribution in [3.8, 4) is 0 Å². The van der Waals surface area contributed by atoms with E-state index in [9.17, 15) is 56.2 Å². The Bertz CT molecular complexity index is 895. The summed E-state index contributed by atoms with van der Waals surface area (Å²) in [5.74, 6) is -0.833. The molecule has 2 fully saturated rings. The quantitative estimate of drug-likeness (QED) is 0.0959. The normalized spacial score (nSPS) is 45.2. The van der Waals surface area contributed by atoms with Gasteiger partial charge < -0.3 is 71.0 Å². The second kappa shape index (κ2) is 14.3. The van der Waals surface area contributed by atoms with Crippen molar-refractivity contribution in [2.45, 2.75) is 85.8 Å². The Balaban J connectivity index is 0.000000976. The van der Waals surface area contributed by atoms with Gasteiger partial charge in [0.25, 0.3) is 0 Å². The fraction of sp³-hybridized carbons (Fsp3) is 0.900. The third-order valence-corrected chi connectivity index (χ3v) is 6.90. The van der Waals surface area contributed by atoms with Gasteiger partial charge in [-0.15, -0.1) is 0 Å². The van der Waals surface area contributed by atoms with Gasteiger partial charge in [-0.05, 0) is 12.0 Å². The summed E-state index contributed by atoms with van der Waals surface area (Å²) in [6.07, 6.45) is -15.7. The fourth-order valence-electron chi connectivity index (χ4n) is 4.77. The number of hydrogen-bond donors (Lipinski definition) is 14. The van der Waals surface area contributed by atoms with E-state index in [1.807, 2.05) is 0 Å². The number of rotatable bonds is 7. The summed E-state index contributed by atoms with van der Waals surface area (Å²) in [5.41, 5.74) is 0.0590. The zero-order valence-corrected chi connectivity index (χ0v) is 21.2. The zero-order chi connectivity index (χ0) is 29.8. The first-order valence-electron chi connectivity index (χ1n) is 11.8. The van der Waals surface area contributed by atoms with Gasteiger partial charge in [-0.2, -0.15) is 8.42 Å². The minimum atomic E-state index is -4.67. The van der Waals surface area contributed by atoms with Crippen LogP contribution in [-0.2, 0) is 19.9 Å². The predicted octanol–water partition coefficient (Wildman–Crippen LogP) is -7.41. The fourth-order valence-corrected chi connectivity index (χ4v) is 4.77. The molecular formula is C20H37NO17S. The molecule has 1 heterocycles. The molecule has 1 saturated heterocycles. The van der Waals surface area contributed by atoms with Crippen molar-refractivity contribution in [2.75, 3.05) is 19.8 Å². The van der Waals surface area contributed by atoms with Gasteiger partial charge in [0.15, 0.2) is 6.29 Å². The molecule has 1 aliphatic heterocycles. The van der Waals surface area contributed by atoms with E-state index in [0.717, 1.165) is 0 Å². The van der Waals surface area contributed by atoms with Crippen molar-refractivity contribution in [3.63, 3.8) is 0 Å². The Morgan fingerprint density at radius 2 is 1.41 bits per heavy atom. The van der Waals surface area contributed by atoms with Crippen LogP contribution in [0.5, 0.6) is 0 Å². The second-order valence-corrected chi connectivity index (χ2v) is 10.4. The summed E-state index contributed by atoms with van der Waals surface area (Å²) in [4.78, 5) is 0. The van der Waals surface area contributed by atoms with Crippen molar-refractivity contribution in [1.82, 2.24) is 5.32 Å². The van der Waals surface area contributed by atoms with E-state index in [1.54, 1.807) is 0 Å². The molecule has 0 amide bonds. The molecule has 19 heteroatoms. The minimum Gasteiger partial charge on any atom is -0.396 e. The molecule has 1 saturated carbocycles. The van der Waals surface area contributed by atoms with E-state index in [4.69, 9.17) is 27.0 Å². The van der Waals surface area contributed by atoms with Crippen molar-refractivity contribution < 1.29 is 83.2 Å². The molecule has 18 nitrogen and oxygen atoms in total. The molecule has 3 rings (SSSR count). The molecule has 230 valence electrons. The topological polar surface area (TPSA) is 328 Å². The zero-order valence-electron chi connectivity index (χ0n) is 20.3. The summed E-state index contributed by atoms with van der Waals surface area (Å²) in [5, 5.41) is 113. The highest BCUT2D eigenvalue weighted by atomic mass is 32.3. The third-order valence-electron chi connectivity index (χ3n) is 6.90. The number of aliphatic hydroxyl groups is 11. The molecule has 14 N–H and O–H groups in total. The molecule has 0 unspecified atom stereocenters. The van der Waals surface area contributed by atoms with Crippen LogP contribution in [0.2, 0.25) is 0 Å². The summed E-state index contributed by atoms with van der Waals surface area (Å²) >= 11 is 0. The van der Waals surface area contributed by atoms with Gasteiger partial charge in [0.2, 0.25) is 0 Å². The largest absolute Gasteiger partial charge is 0.396 e. The first kappa shape index (κ1) is 34.3. The highest BCUT2D eigenvalue weighted by Crippen LogP contribution is 2.33. The van der Waals surface area contributed by atoms with Crippen LogP contribution >= 0.6 is 0 Å². The van der Waals surface area contributed by atoms with Crippen molar-refractivity contribution in [1.29, 1.82) is 0 Å². The van der Waals surface area contributed by atoms with Crippen LogP contribution < -0.4 is 5.32 Å². The number of aliphatic hydroxyl groups excluding tert-OH is 11. The van der Waals surface area contributed by atoms with E-state index in [2.05, 4.69) is 5.32 Å². The molecule has 0 aromatic carbocycles. The maximum absolute atomic E-state index is 10.7. The van der Waals surface area contributed by atoms with Gasteiger partial charge >= 0.3 is 10.4 Å². The van der Waals surface area contributed by atoms with E-state index >= 15 is 0 Å². The first-order chi connectivity index (χ1) is 18.0. The lowest BCUT2D eigenvalue weighted by molar-refractivity contribution is -0.328. The Hall–Kier alpha value is -0.950. The second-order valence-electron chi connectivity index (χ2n) is 9.53. The predicted molar refractivity (Wildman–Crippen MR) is 124 cm³/mol. The van der Waals surface area contributed by atoms with Gasteiger partial charge in [-0.25, -0.2) is 0 Å². The highest BCUT2D eigenvalue weighted by Gasteiger charge is 2.50. The molecule has 39 heavy (non-hydrogen) atoms. The van der Waals surface area contributed by atoms with Crippen LogP contribution in [0.4, 0.5) is 0 Å². The molecule has 0 radical (unpaired) electrons. The van der Waals surface area contributed by atoms with E-state index < -0.39 is 116 Å². The summed E-state index contributed by atoms with van der Waals surface area (Å²) in [6, 6.07) is -1.94. The van der Waals surface area contributed by atoms with Crippen LogP contribution in [0, 0.1) is 5.92 Å². The molecule has 2 aliphatic carbocycles. The van der Waals surface area contributed by atoms with Crippen LogP contribution in [0.25, 0.3) is 0 Å². The minimum absolute atomic E-state index is 0.0129. The number of nitrogens with one attached hydrogen (secondary N) is 1. The lowest BCUT2D eigenvalue weighted by atomic mass is 9.78. The van der Waals surface area contributed by atoms with Crippen LogP contribution in [0.1, 0.15) is 6.42 Å². The Kier molecular flexibility index (Phi) is 12.5. The molecular weight excluding hydrogens is 558 g/mol. The standard InChI is InChI=1S/C20H35NO13.H2O4S/c22-3-6-1-8(12(26)15(29)11(6)25)21-9-2-7(4-23)19(17(31)13(9)27)34-20-18(32)16(30)14(28)10(5-24)33-20;1-5(2,3)4/h1,7-32H,2-5H2;(H2,1,2,3,4)/t7-,8+,9+,10-,11-,12+,13+,14-,15+,16+,17-,18-,19-,20+;/m1./s1. The van der Waals surface area contributed by atoms with Crippen molar-refractivity contribution >= 4 is 10.4 Å². The van der Waals surface area contributed by atoms with E-state index in [-0.39, 0.29) is 12.0 Å². The number of hydrogen-bond acceptors (Lipinski definition) is 16. The lowest BCUT2D eigenvalue weighted by Crippen LogP contribution is -2.66. The van der Waals surface area contributed by atoms with Gasteiger partial charge in [0.1, 0.15) is 48.8 Å². The monoisotopic (exact) mass is 595 g/mol. The highest BCUT2D eigenvalue weighted by molar-refractivity contribution is 7.79. The Morgan fingerprint density at radius 3 is 1.92 bits per heavy atom. The van der Waals surface area contributed by atoms with Crippen LogP contribution in [0.3, 0.4) is 0 Å². The smallest absolute Gasteiger partial charge is 0.394 e. The molecule has 14 atom stereocenters. The average molecular weight is 596 g/mol. The third kappa shape index (κ3) is 8.53. The van der Waals surface area contributed by atoms with Gasteiger partial charge in [-0.3, -0.25) is 9.11 Å². The molecule has 0 bridgehead atoms. The van der Waals surface area contributed by atoms with E-state index in [0.29, 0.717) is 0 Å². The van der Waals surface area contributed by atoms with E-state index in [1.165, 1.54) is 6.08 Å².